The van der Waals surface area contributed by atoms with Gasteiger partial charge in [0.25, 0.3) is 5.91 Å². The highest BCUT2D eigenvalue weighted by atomic mass is 16.5. The van der Waals surface area contributed by atoms with Crippen LogP contribution in [0.2, 0.25) is 0 Å². The number of benzene rings is 1. The summed E-state index contributed by atoms with van der Waals surface area (Å²) in [5.74, 6) is 0.125. The molecule has 3 rings (SSSR count). The second-order valence-corrected chi connectivity index (χ2v) is 6.18. The number of ether oxygens (including phenoxy) is 1. The van der Waals surface area contributed by atoms with E-state index in [1.54, 1.807) is 30.5 Å². The first-order valence-electron chi connectivity index (χ1n) is 8.32. The molecule has 0 bridgehead atoms. The molecule has 2 aromatic rings. The number of aromatic nitrogens is 1. The van der Waals surface area contributed by atoms with Crippen molar-refractivity contribution in [2.24, 2.45) is 5.73 Å². The van der Waals surface area contributed by atoms with E-state index in [-0.39, 0.29) is 12.0 Å². The quantitative estimate of drug-likeness (QED) is 0.925. The minimum absolute atomic E-state index is 0.0384. The van der Waals surface area contributed by atoms with E-state index < -0.39 is 5.91 Å². The number of nitrogens with zero attached hydrogens (tertiary/aromatic N) is 2. The second kappa shape index (κ2) is 7.34. The number of carbonyl (C=O) groups excluding carboxylic acids is 2. The lowest BCUT2D eigenvalue weighted by molar-refractivity contribution is 0.0586. The Morgan fingerprint density at radius 2 is 1.76 bits per heavy atom. The van der Waals surface area contributed by atoms with Gasteiger partial charge in [0.15, 0.2) is 0 Å². The summed E-state index contributed by atoms with van der Waals surface area (Å²) in [6.45, 7) is 3.23. The third-order valence-electron chi connectivity index (χ3n) is 4.39. The fraction of sp³-hybridized carbons (Fsp3) is 0.316. The predicted octanol–water partition coefficient (Wildman–Crippen LogP) is 2.17. The molecule has 2 amide bonds. The largest absolute Gasteiger partial charge is 0.474 e. The minimum atomic E-state index is -0.498. The second-order valence-electron chi connectivity index (χ2n) is 6.18. The summed E-state index contributed by atoms with van der Waals surface area (Å²) in [7, 11) is 0. The topological polar surface area (TPSA) is 85.5 Å². The molecule has 6 nitrogen and oxygen atoms in total. The van der Waals surface area contributed by atoms with Gasteiger partial charge in [-0.25, -0.2) is 4.98 Å². The highest BCUT2D eigenvalue weighted by molar-refractivity contribution is 5.97. The van der Waals surface area contributed by atoms with Crippen LogP contribution >= 0.6 is 0 Å². The van der Waals surface area contributed by atoms with Crippen molar-refractivity contribution in [3.05, 3.63) is 59.3 Å². The third-order valence-corrected chi connectivity index (χ3v) is 4.39. The zero-order chi connectivity index (χ0) is 17.8. The average molecular weight is 339 g/mol. The number of pyridine rings is 1. The molecule has 1 aliphatic heterocycles. The smallest absolute Gasteiger partial charge is 0.253 e. The molecule has 1 aliphatic rings. The summed E-state index contributed by atoms with van der Waals surface area (Å²) in [5, 5.41) is 0. The number of hydrogen-bond donors (Lipinski definition) is 1. The van der Waals surface area contributed by atoms with Crippen LogP contribution in [0.15, 0.2) is 42.6 Å². The number of amides is 2. The summed E-state index contributed by atoms with van der Waals surface area (Å²) in [4.78, 5) is 29.7. The fourth-order valence-electron chi connectivity index (χ4n) is 2.89. The molecule has 1 aromatic heterocycles. The number of hydrogen-bond acceptors (Lipinski definition) is 4. The lowest BCUT2D eigenvalue weighted by atomic mass is 10.1. The molecule has 130 valence electrons. The molecule has 1 aromatic carbocycles. The average Bonchev–Trinajstić information content (AvgIpc) is 2.64. The Hall–Kier alpha value is -2.89. The van der Waals surface area contributed by atoms with Gasteiger partial charge in [0, 0.05) is 48.8 Å². The Morgan fingerprint density at radius 1 is 1.12 bits per heavy atom. The van der Waals surface area contributed by atoms with Crippen molar-refractivity contribution < 1.29 is 14.3 Å². The van der Waals surface area contributed by atoms with Gasteiger partial charge >= 0.3 is 0 Å². The van der Waals surface area contributed by atoms with Gasteiger partial charge in [-0.2, -0.15) is 0 Å². The number of likely N-dealkylation sites (tertiary alicyclic amines) is 1. The van der Waals surface area contributed by atoms with Crippen molar-refractivity contribution >= 4 is 11.8 Å². The molecular formula is C19H21N3O3. The summed E-state index contributed by atoms with van der Waals surface area (Å²) in [5.41, 5.74) is 7.19. The van der Waals surface area contributed by atoms with Crippen LogP contribution in [0.4, 0.5) is 0 Å². The molecule has 2 heterocycles. The first-order valence-corrected chi connectivity index (χ1v) is 8.32. The molecule has 0 saturated carbocycles. The molecule has 0 spiro atoms. The zero-order valence-electron chi connectivity index (χ0n) is 14.1. The van der Waals surface area contributed by atoms with Gasteiger partial charge in [-0.15, -0.1) is 0 Å². The van der Waals surface area contributed by atoms with Crippen LogP contribution in [0, 0.1) is 6.92 Å². The van der Waals surface area contributed by atoms with E-state index in [1.165, 1.54) is 0 Å². The molecule has 0 unspecified atom stereocenters. The SMILES string of the molecule is Cc1cccnc1OC1CCN(C(=O)c2ccc(C(N)=O)cc2)CC1. The summed E-state index contributed by atoms with van der Waals surface area (Å²) in [6, 6.07) is 10.3. The number of carbonyl (C=O) groups is 2. The monoisotopic (exact) mass is 339 g/mol. The number of rotatable bonds is 4. The van der Waals surface area contributed by atoms with Crippen LogP contribution in [0.1, 0.15) is 39.1 Å². The summed E-state index contributed by atoms with van der Waals surface area (Å²) >= 11 is 0. The van der Waals surface area contributed by atoms with Crippen molar-refractivity contribution in [3.63, 3.8) is 0 Å². The molecule has 1 fully saturated rings. The predicted molar refractivity (Wildman–Crippen MR) is 93.5 cm³/mol. The number of nitrogens with two attached hydrogens (primary N) is 1. The fourth-order valence-corrected chi connectivity index (χ4v) is 2.89. The zero-order valence-corrected chi connectivity index (χ0v) is 14.1. The molecule has 6 heteroatoms. The van der Waals surface area contributed by atoms with Crippen molar-refractivity contribution in [2.45, 2.75) is 25.9 Å². The molecule has 1 saturated heterocycles. The molecule has 0 atom stereocenters. The third kappa shape index (κ3) is 3.96. The molecule has 25 heavy (non-hydrogen) atoms. The van der Waals surface area contributed by atoms with E-state index in [2.05, 4.69) is 4.98 Å². The van der Waals surface area contributed by atoms with Gasteiger partial charge in [-0.1, -0.05) is 6.07 Å². The maximum absolute atomic E-state index is 12.6. The van der Waals surface area contributed by atoms with Gasteiger partial charge in [0.1, 0.15) is 6.10 Å². The van der Waals surface area contributed by atoms with E-state index in [9.17, 15) is 9.59 Å². The van der Waals surface area contributed by atoms with Gasteiger partial charge in [-0.3, -0.25) is 9.59 Å². The Balaban J connectivity index is 1.57. The lowest BCUT2D eigenvalue weighted by Gasteiger charge is -2.32. The van der Waals surface area contributed by atoms with Gasteiger partial charge in [0.05, 0.1) is 0 Å². The first kappa shape index (κ1) is 17.0. The normalized spacial score (nSPS) is 15.0. The van der Waals surface area contributed by atoms with Gasteiger partial charge < -0.3 is 15.4 Å². The van der Waals surface area contributed by atoms with Crippen molar-refractivity contribution in [1.82, 2.24) is 9.88 Å². The Bertz CT molecular complexity index is 766. The standard InChI is InChI=1S/C19H21N3O3/c1-13-3-2-10-21-18(13)25-16-8-11-22(12-9-16)19(24)15-6-4-14(5-7-15)17(20)23/h2-7,10,16H,8-9,11-12H2,1H3,(H2,20,23). The van der Waals surface area contributed by atoms with Crippen molar-refractivity contribution in [2.75, 3.05) is 13.1 Å². The van der Waals surface area contributed by atoms with E-state index in [4.69, 9.17) is 10.5 Å². The maximum Gasteiger partial charge on any atom is 0.253 e. The summed E-state index contributed by atoms with van der Waals surface area (Å²) < 4.78 is 5.96. The Morgan fingerprint density at radius 3 is 2.36 bits per heavy atom. The highest BCUT2D eigenvalue weighted by Crippen LogP contribution is 2.21. The van der Waals surface area contributed by atoms with Crippen LogP contribution in [-0.4, -0.2) is 40.9 Å². The molecule has 0 aliphatic carbocycles. The van der Waals surface area contributed by atoms with Crippen molar-refractivity contribution in [1.29, 1.82) is 0 Å². The van der Waals surface area contributed by atoms with E-state index >= 15 is 0 Å². The van der Waals surface area contributed by atoms with Gasteiger partial charge in [-0.05, 0) is 37.3 Å². The van der Waals surface area contributed by atoms with Crippen LogP contribution in [0.3, 0.4) is 0 Å². The lowest BCUT2D eigenvalue weighted by Crippen LogP contribution is -2.41. The molecule has 2 N–H and O–H groups in total. The van der Waals surface area contributed by atoms with E-state index in [1.807, 2.05) is 24.0 Å². The minimum Gasteiger partial charge on any atom is -0.474 e. The number of aryl methyl sites for hydroxylation is 1. The number of primary amides is 1. The molecular weight excluding hydrogens is 318 g/mol. The van der Waals surface area contributed by atoms with Crippen LogP contribution < -0.4 is 10.5 Å². The molecule has 0 radical (unpaired) electrons. The van der Waals surface area contributed by atoms with Crippen LogP contribution in [0.25, 0.3) is 0 Å². The summed E-state index contributed by atoms with van der Waals surface area (Å²) in [6.07, 6.45) is 3.31. The van der Waals surface area contributed by atoms with Crippen molar-refractivity contribution in [3.8, 4) is 5.88 Å². The first-order chi connectivity index (χ1) is 12.0. The number of piperidine rings is 1. The Labute approximate surface area is 146 Å². The highest BCUT2D eigenvalue weighted by Gasteiger charge is 2.25. The van der Waals surface area contributed by atoms with E-state index in [0.29, 0.717) is 30.1 Å². The van der Waals surface area contributed by atoms with E-state index in [0.717, 1.165) is 18.4 Å². The van der Waals surface area contributed by atoms with Crippen LogP contribution in [0.5, 0.6) is 5.88 Å². The van der Waals surface area contributed by atoms with Crippen LogP contribution in [-0.2, 0) is 0 Å². The maximum atomic E-state index is 12.6. The Kier molecular flexibility index (Phi) is 4.97. The van der Waals surface area contributed by atoms with Gasteiger partial charge in [0.2, 0.25) is 11.8 Å².